The minimum absolute atomic E-state index is 0.00970. The van der Waals surface area contributed by atoms with E-state index >= 15 is 0 Å². The first-order chi connectivity index (χ1) is 7.91. The van der Waals surface area contributed by atoms with Gasteiger partial charge in [0, 0.05) is 11.1 Å². The molecule has 0 aliphatic heterocycles. The van der Waals surface area contributed by atoms with Crippen molar-refractivity contribution in [3.8, 4) is 0 Å². The number of amides is 1. The molecule has 6 heteroatoms. The number of anilines is 1. The van der Waals surface area contributed by atoms with Gasteiger partial charge in [0.15, 0.2) is 0 Å². The summed E-state index contributed by atoms with van der Waals surface area (Å²) in [5.41, 5.74) is 0.115. The van der Waals surface area contributed by atoms with E-state index in [9.17, 15) is 9.59 Å². The van der Waals surface area contributed by atoms with E-state index in [0.29, 0.717) is 0 Å². The van der Waals surface area contributed by atoms with Crippen LogP contribution in [0.2, 0.25) is 5.15 Å². The van der Waals surface area contributed by atoms with Gasteiger partial charge >= 0.3 is 5.97 Å². The lowest BCUT2D eigenvalue weighted by molar-refractivity contribution is -0.133. The van der Waals surface area contributed by atoms with Crippen molar-refractivity contribution in [2.75, 3.05) is 5.32 Å². The molecule has 5 nitrogen and oxygen atoms in total. The fourth-order valence-electron chi connectivity index (χ4n) is 1.02. The highest BCUT2D eigenvalue weighted by Crippen LogP contribution is 2.11. The standard InChI is InChI=1S/C11H11ClN2O3/c1-6(7(2)11(16)17)10(15)14-9-5-3-4-8(12)13-9/h3-5H,1-2H3,(H,16,17)(H,13,14,15)/b7-6+. The number of pyridine rings is 1. The molecular weight excluding hydrogens is 244 g/mol. The summed E-state index contributed by atoms with van der Waals surface area (Å²) in [6.07, 6.45) is 0. The van der Waals surface area contributed by atoms with E-state index in [0.717, 1.165) is 0 Å². The minimum Gasteiger partial charge on any atom is -0.478 e. The lowest BCUT2D eigenvalue weighted by Crippen LogP contribution is -2.16. The Balaban J connectivity index is 2.87. The number of rotatable bonds is 3. The number of carboxylic acids is 1. The third kappa shape index (κ3) is 3.57. The number of nitrogens with zero attached hydrogens (tertiary/aromatic N) is 1. The predicted octanol–water partition coefficient (Wildman–Crippen LogP) is 2.09. The molecule has 0 aliphatic rings. The third-order valence-electron chi connectivity index (χ3n) is 2.18. The number of halogens is 1. The van der Waals surface area contributed by atoms with E-state index < -0.39 is 11.9 Å². The van der Waals surface area contributed by atoms with Gasteiger partial charge in [-0.3, -0.25) is 4.79 Å². The van der Waals surface area contributed by atoms with Gasteiger partial charge < -0.3 is 10.4 Å². The van der Waals surface area contributed by atoms with Crippen LogP contribution < -0.4 is 5.32 Å². The summed E-state index contributed by atoms with van der Waals surface area (Å²) in [6.45, 7) is 2.80. The van der Waals surface area contributed by atoms with E-state index in [2.05, 4.69) is 10.3 Å². The molecule has 0 saturated heterocycles. The highest BCUT2D eigenvalue weighted by Gasteiger charge is 2.13. The summed E-state index contributed by atoms with van der Waals surface area (Å²) in [5, 5.41) is 11.4. The average Bonchev–Trinajstić information content (AvgIpc) is 2.26. The molecule has 0 aromatic carbocycles. The van der Waals surface area contributed by atoms with Crippen LogP contribution in [0.3, 0.4) is 0 Å². The zero-order chi connectivity index (χ0) is 13.0. The smallest absolute Gasteiger partial charge is 0.331 e. The van der Waals surface area contributed by atoms with Crippen molar-refractivity contribution in [2.45, 2.75) is 13.8 Å². The molecule has 1 amide bonds. The first kappa shape index (κ1) is 13.2. The second-order valence-electron chi connectivity index (χ2n) is 3.35. The Hall–Kier alpha value is -1.88. The zero-order valence-electron chi connectivity index (χ0n) is 9.32. The number of carbonyl (C=O) groups is 2. The number of aliphatic carboxylic acids is 1. The molecule has 17 heavy (non-hydrogen) atoms. The summed E-state index contributed by atoms with van der Waals surface area (Å²) >= 11 is 5.65. The van der Waals surface area contributed by atoms with Crippen LogP contribution in [-0.2, 0) is 9.59 Å². The Kier molecular flexibility index (Phi) is 4.23. The monoisotopic (exact) mass is 254 g/mol. The Labute approximate surface area is 103 Å². The molecule has 0 atom stereocenters. The van der Waals surface area contributed by atoms with Gasteiger partial charge in [0.1, 0.15) is 11.0 Å². The van der Waals surface area contributed by atoms with Crippen LogP contribution in [0.1, 0.15) is 13.8 Å². The quantitative estimate of drug-likeness (QED) is 0.639. The summed E-state index contributed by atoms with van der Waals surface area (Å²) in [4.78, 5) is 26.2. The van der Waals surface area contributed by atoms with E-state index in [1.165, 1.54) is 13.8 Å². The number of carboxylic acid groups (broad SMARTS) is 1. The first-order valence-electron chi connectivity index (χ1n) is 4.76. The van der Waals surface area contributed by atoms with Crippen LogP contribution in [0.15, 0.2) is 29.3 Å². The topological polar surface area (TPSA) is 79.3 Å². The minimum atomic E-state index is -1.13. The highest BCUT2D eigenvalue weighted by molar-refractivity contribution is 6.29. The molecule has 0 radical (unpaired) electrons. The normalized spacial score (nSPS) is 11.7. The van der Waals surface area contributed by atoms with E-state index in [1.807, 2.05) is 0 Å². The van der Waals surface area contributed by atoms with E-state index in [4.69, 9.17) is 16.7 Å². The molecule has 1 heterocycles. The van der Waals surface area contributed by atoms with Crippen LogP contribution in [0.4, 0.5) is 5.82 Å². The molecule has 1 rings (SSSR count). The number of hydrogen-bond donors (Lipinski definition) is 2. The first-order valence-corrected chi connectivity index (χ1v) is 5.14. The molecular formula is C11H11ClN2O3. The Morgan fingerprint density at radius 3 is 2.47 bits per heavy atom. The van der Waals surface area contributed by atoms with Crippen LogP contribution in [0.5, 0.6) is 0 Å². The van der Waals surface area contributed by atoms with Crippen molar-refractivity contribution in [1.29, 1.82) is 0 Å². The van der Waals surface area contributed by atoms with Crippen molar-refractivity contribution in [2.24, 2.45) is 0 Å². The lowest BCUT2D eigenvalue weighted by Gasteiger charge is -2.06. The number of hydrogen-bond acceptors (Lipinski definition) is 3. The molecule has 0 unspecified atom stereocenters. The summed E-state index contributed by atoms with van der Waals surface area (Å²) in [7, 11) is 0. The fraction of sp³-hybridized carbons (Fsp3) is 0.182. The summed E-state index contributed by atoms with van der Waals surface area (Å²) < 4.78 is 0. The summed E-state index contributed by atoms with van der Waals surface area (Å²) in [6, 6.07) is 4.77. The average molecular weight is 255 g/mol. The van der Waals surface area contributed by atoms with Gasteiger partial charge in [-0.2, -0.15) is 0 Å². The largest absolute Gasteiger partial charge is 0.478 e. The second kappa shape index (κ2) is 5.45. The van der Waals surface area contributed by atoms with Crippen LogP contribution in [0, 0.1) is 0 Å². The fourth-order valence-corrected chi connectivity index (χ4v) is 1.18. The zero-order valence-corrected chi connectivity index (χ0v) is 10.1. The number of nitrogens with one attached hydrogen (secondary N) is 1. The Morgan fingerprint density at radius 1 is 1.29 bits per heavy atom. The SMILES string of the molecule is C/C(C(=O)O)=C(/C)C(=O)Nc1cccc(Cl)n1. The molecule has 90 valence electrons. The maximum atomic E-state index is 11.7. The van der Waals surface area contributed by atoms with Crippen LogP contribution in [0.25, 0.3) is 0 Å². The molecule has 0 spiro atoms. The van der Waals surface area contributed by atoms with E-state index in [-0.39, 0.29) is 22.1 Å². The maximum absolute atomic E-state index is 11.7. The van der Waals surface area contributed by atoms with Crippen molar-refractivity contribution in [3.63, 3.8) is 0 Å². The maximum Gasteiger partial charge on any atom is 0.331 e. The van der Waals surface area contributed by atoms with Gasteiger partial charge in [0.05, 0.1) is 0 Å². The van der Waals surface area contributed by atoms with Gasteiger partial charge in [0.2, 0.25) is 0 Å². The third-order valence-corrected chi connectivity index (χ3v) is 2.39. The van der Waals surface area contributed by atoms with Gasteiger partial charge in [0.25, 0.3) is 5.91 Å². The van der Waals surface area contributed by atoms with Crippen LogP contribution >= 0.6 is 11.6 Å². The lowest BCUT2D eigenvalue weighted by atomic mass is 10.1. The van der Waals surface area contributed by atoms with Gasteiger partial charge in [-0.1, -0.05) is 17.7 Å². The number of aromatic nitrogens is 1. The second-order valence-corrected chi connectivity index (χ2v) is 3.74. The molecule has 1 aromatic heterocycles. The molecule has 0 bridgehead atoms. The van der Waals surface area contributed by atoms with Crippen molar-refractivity contribution < 1.29 is 14.7 Å². The Morgan fingerprint density at radius 2 is 1.94 bits per heavy atom. The summed E-state index contributed by atoms with van der Waals surface area (Å²) in [5.74, 6) is -1.36. The van der Waals surface area contributed by atoms with Crippen molar-refractivity contribution in [3.05, 3.63) is 34.5 Å². The molecule has 0 aliphatic carbocycles. The van der Waals surface area contributed by atoms with Crippen LogP contribution in [-0.4, -0.2) is 22.0 Å². The van der Waals surface area contributed by atoms with Gasteiger partial charge in [-0.25, -0.2) is 9.78 Å². The molecule has 2 N–H and O–H groups in total. The predicted molar refractivity (Wildman–Crippen MR) is 63.9 cm³/mol. The van der Waals surface area contributed by atoms with Crippen molar-refractivity contribution >= 4 is 29.3 Å². The molecule has 0 saturated carbocycles. The van der Waals surface area contributed by atoms with E-state index in [1.54, 1.807) is 18.2 Å². The Bertz CT molecular complexity index is 497. The molecule has 0 fully saturated rings. The van der Waals surface area contributed by atoms with Gasteiger partial charge in [-0.05, 0) is 26.0 Å². The highest BCUT2D eigenvalue weighted by atomic mass is 35.5. The number of carbonyl (C=O) groups excluding carboxylic acids is 1. The van der Waals surface area contributed by atoms with Gasteiger partial charge in [-0.15, -0.1) is 0 Å². The van der Waals surface area contributed by atoms with Crippen molar-refractivity contribution in [1.82, 2.24) is 4.98 Å². The molecule has 1 aromatic rings.